The highest BCUT2D eigenvalue weighted by Gasteiger charge is 2.17. The standard InChI is InChI=1S/C26H24N2O.ClH/c29-26(28(23-13-3-1-4-14-23)24-15-5-2-6-16-24)18-19-27-20-22-12-9-11-21-10-7-8-17-25(21)22;/h1-17,27H,18-20H2;1H. The van der Waals surface area contributed by atoms with Gasteiger partial charge in [0.15, 0.2) is 0 Å². The second-order valence-corrected chi connectivity index (χ2v) is 6.97. The van der Waals surface area contributed by atoms with Gasteiger partial charge in [-0.05, 0) is 40.6 Å². The van der Waals surface area contributed by atoms with Gasteiger partial charge >= 0.3 is 0 Å². The van der Waals surface area contributed by atoms with E-state index in [1.807, 2.05) is 60.7 Å². The maximum Gasteiger partial charge on any atom is 0.232 e. The molecule has 3 nitrogen and oxygen atoms in total. The summed E-state index contributed by atoms with van der Waals surface area (Å²) in [6.45, 7) is 1.36. The van der Waals surface area contributed by atoms with Crippen molar-refractivity contribution in [2.24, 2.45) is 0 Å². The number of nitrogens with zero attached hydrogens (tertiary/aromatic N) is 1. The number of hydrogen-bond acceptors (Lipinski definition) is 2. The van der Waals surface area contributed by atoms with Gasteiger partial charge < -0.3 is 5.32 Å². The molecule has 0 aliphatic carbocycles. The van der Waals surface area contributed by atoms with Gasteiger partial charge in [0, 0.05) is 30.9 Å². The molecule has 4 rings (SSSR count). The second-order valence-electron chi connectivity index (χ2n) is 6.97. The van der Waals surface area contributed by atoms with Crippen LogP contribution in [0.25, 0.3) is 10.8 Å². The van der Waals surface area contributed by atoms with Crippen molar-refractivity contribution in [2.75, 3.05) is 11.4 Å². The highest BCUT2D eigenvalue weighted by molar-refractivity contribution is 6.00. The number of carbonyl (C=O) groups is 1. The first kappa shape index (κ1) is 21.6. The van der Waals surface area contributed by atoms with Gasteiger partial charge in [0.2, 0.25) is 5.91 Å². The van der Waals surface area contributed by atoms with Crippen LogP contribution >= 0.6 is 12.4 Å². The Hall–Kier alpha value is -3.14. The fourth-order valence-electron chi connectivity index (χ4n) is 3.57. The maximum absolute atomic E-state index is 13.1. The summed E-state index contributed by atoms with van der Waals surface area (Å²) in [5.74, 6) is 0.0767. The Kier molecular flexibility index (Phi) is 7.61. The van der Waals surface area contributed by atoms with Crippen molar-refractivity contribution < 1.29 is 4.79 Å². The number of halogens is 1. The Balaban J connectivity index is 0.00000256. The molecule has 1 N–H and O–H groups in total. The molecule has 0 radical (unpaired) electrons. The predicted molar refractivity (Wildman–Crippen MR) is 128 cm³/mol. The van der Waals surface area contributed by atoms with Gasteiger partial charge in [-0.1, -0.05) is 78.9 Å². The summed E-state index contributed by atoms with van der Waals surface area (Å²) in [6.07, 6.45) is 0.425. The summed E-state index contributed by atoms with van der Waals surface area (Å²) in [5, 5.41) is 5.93. The Morgan fingerprint density at radius 3 is 1.93 bits per heavy atom. The van der Waals surface area contributed by atoms with E-state index in [-0.39, 0.29) is 18.3 Å². The average Bonchev–Trinajstić information content (AvgIpc) is 2.78. The van der Waals surface area contributed by atoms with Crippen LogP contribution in [0, 0.1) is 0 Å². The van der Waals surface area contributed by atoms with Crippen molar-refractivity contribution in [3.63, 3.8) is 0 Å². The molecule has 0 aliphatic heterocycles. The molecule has 0 heterocycles. The van der Waals surface area contributed by atoms with Gasteiger partial charge in [0.05, 0.1) is 0 Å². The first-order valence-electron chi connectivity index (χ1n) is 9.93. The number of nitrogens with one attached hydrogen (secondary N) is 1. The zero-order valence-electron chi connectivity index (χ0n) is 16.7. The molecule has 30 heavy (non-hydrogen) atoms. The molecule has 0 bridgehead atoms. The normalized spacial score (nSPS) is 10.4. The van der Waals surface area contributed by atoms with Crippen molar-refractivity contribution in [2.45, 2.75) is 13.0 Å². The number of benzene rings is 4. The van der Waals surface area contributed by atoms with Crippen LogP contribution in [0.5, 0.6) is 0 Å². The third-order valence-corrected chi connectivity index (χ3v) is 4.99. The van der Waals surface area contributed by atoms with Crippen LogP contribution in [0.3, 0.4) is 0 Å². The smallest absolute Gasteiger partial charge is 0.232 e. The lowest BCUT2D eigenvalue weighted by molar-refractivity contribution is -0.117. The SMILES string of the molecule is Cl.O=C(CCNCc1cccc2ccccc12)N(c1ccccc1)c1ccccc1. The molecule has 4 aromatic rings. The van der Waals surface area contributed by atoms with E-state index in [0.717, 1.165) is 17.9 Å². The van der Waals surface area contributed by atoms with Crippen LogP contribution in [0.4, 0.5) is 11.4 Å². The second kappa shape index (κ2) is 10.6. The molecule has 1 amide bonds. The minimum absolute atomic E-state index is 0. The van der Waals surface area contributed by atoms with Crippen LogP contribution in [-0.4, -0.2) is 12.5 Å². The Labute approximate surface area is 183 Å². The largest absolute Gasteiger partial charge is 0.312 e. The quantitative estimate of drug-likeness (QED) is 0.369. The van der Waals surface area contributed by atoms with Crippen LogP contribution < -0.4 is 10.2 Å². The van der Waals surface area contributed by atoms with Crippen molar-refractivity contribution in [1.29, 1.82) is 0 Å². The van der Waals surface area contributed by atoms with E-state index in [1.54, 1.807) is 4.90 Å². The van der Waals surface area contributed by atoms with E-state index in [4.69, 9.17) is 0 Å². The van der Waals surface area contributed by atoms with Gasteiger partial charge in [-0.25, -0.2) is 0 Å². The molecule has 152 valence electrons. The van der Waals surface area contributed by atoms with Crippen molar-refractivity contribution in [3.05, 3.63) is 109 Å². The van der Waals surface area contributed by atoms with E-state index >= 15 is 0 Å². The van der Waals surface area contributed by atoms with Gasteiger partial charge in [-0.15, -0.1) is 12.4 Å². The number of anilines is 2. The van der Waals surface area contributed by atoms with E-state index < -0.39 is 0 Å². The highest BCUT2D eigenvalue weighted by Crippen LogP contribution is 2.25. The minimum atomic E-state index is 0. The fraction of sp³-hybridized carbons (Fsp3) is 0.115. The molecule has 0 atom stereocenters. The number of amides is 1. The van der Waals surface area contributed by atoms with Crippen LogP contribution in [0.15, 0.2) is 103 Å². The Bertz CT molecular complexity index is 1040. The summed E-state index contributed by atoms with van der Waals surface area (Å²) in [6, 6.07) is 34.3. The summed E-state index contributed by atoms with van der Waals surface area (Å²) < 4.78 is 0. The molecule has 0 unspecified atom stereocenters. The number of hydrogen-bond donors (Lipinski definition) is 1. The monoisotopic (exact) mass is 416 g/mol. The van der Waals surface area contributed by atoms with Gasteiger partial charge in [0.25, 0.3) is 0 Å². The van der Waals surface area contributed by atoms with Crippen molar-refractivity contribution in [1.82, 2.24) is 5.32 Å². The van der Waals surface area contributed by atoms with Gasteiger partial charge in [-0.3, -0.25) is 9.69 Å². The van der Waals surface area contributed by atoms with Crippen molar-refractivity contribution in [3.8, 4) is 0 Å². The summed E-state index contributed by atoms with van der Waals surface area (Å²) in [5.41, 5.74) is 3.02. The molecular weight excluding hydrogens is 392 g/mol. The first-order chi connectivity index (χ1) is 14.3. The van der Waals surface area contributed by atoms with Crippen LogP contribution in [-0.2, 0) is 11.3 Å². The molecular formula is C26H25ClN2O. The Morgan fingerprint density at radius 1 is 0.700 bits per heavy atom. The number of rotatable bonds is 7. The molecule has 0 saturated carbocycles. The van der Waals surface area contributed by atoms with Gasteiger partial charge in [0.1, 0.15) is 0 Å². The third kappa shape index (κ3) is 5.07. The van der Waals surface area contributed by atoms with Crippen molar-refractivity contribution >= 4 is 40.5 Å². The lowest BCUT2D eigenvalue weighted by Crippen LogP contribution is -2.29. The third-order valence-electron chi connectivity index (χ3n) is 4.99. The zero-order valence-corrected chi connectivity index (χ0v) is 17.5. The van der Waals surface area contributed by atoms with E-state index in [9.17, 15) is 4.79 Å². The van der Waals surface area contributed by atoms with E-state index in [1.165, 1.54) is 16.3 Å². The van der Waals surface area contributed by atoms with E-state index in [0.29, 0.717) is 13.0 Å². The molecule has 0 aromatic heterocycles. The molecule has 0 aliphatic rings. The predicted octanol–water partition coefficient (Wildman–Crippen LogP) is 6.11. The summed E-state index contributed by atoms with van der Waals surface area (Å²) in [7, 11) is 0. The average molecular weight is 417 g/mol. The number of carbonyl (C=O) groups excluding carboxylic acids is 1. The maximum atomic E-state index is 13.1. The Morgan fingerprint density at radius 2 is 1.27 bits per heavy atom. The summed E-state index contributed by atoms with van der Waals surface area (Å²) >= 11 is 0. The number of para-hydroxylation sites is 2. The summed E-state index contributed by atoms with van der Waals surface area (Å²) in [4.78, 5) is 14.8. The van der Waals surface area contributed by atoms with Crippen LogP contribution in [0.2, 0.25) is 0 Å². The van der Waals surface area contributed by atoms with Crippen LogP contribution in [0.1, 0.15) is 12.0 Å². The topological polar surface area (TPSA) is 32.3 Å². The highest BCUT2D eigenvalue weighted by atomic mass is 35.5. The minimum Gasteiger partial charge on any atom is -0.312 e. The van der Waals surface area contributed by atoms with Gasteiger partial charge in [-0.2, -0.15) is 0 Å². The molecule has 4 heteroatoms. The first-order valence-corrected chi connectivity index (χ1v) is 9.93. The molecule has 0 fully saturated rings. The molecule has 4 aromatic carbocycles. The fourth-order valence-corrected chi connectivity index (χ4v) is 3.57. The van der Waals surface area contributed by atoms with E-state index in [2.05, 4.69) is 47.8 Å². The lowest BCUT2D eigenvalue weighted by Gasteiger charge is -2.23. The lowest BCUT2D eigenvalue weighted by atomic mass is 10.0. The number of fused-ring (bicyclic) bond motifs is 1. The molecule has 0 saturated heterocycles. The molecule has 0 spiro atoms. The zero-order chi connectivity index (χ0) is 19.9.